The first kappa shape index (κ1) is 14.2. The first-order chi connectivity index (χ1) is 9.66. The molecule has 2 nitrogen and oxygen atoms in total. The van der Waals surface area contributed by atoms with Gasteiger partial charge in [0.15, 0.2) is 11.5 Å². The predicted molar refractivity (Wildman–Crippen MR) is 86.5 cm³/mol. The summed E-state index contributed by atoms with van der Waals surface area (Å²) in [5.74, 6) is 1.56. The molecule has 0 N–H and O–H groups in total. The van der Waals surface area contributed by atoms with Crippen LogP contribution in [0.2, 0.25) is 0 Å². The summed E-state index contributed by atoms with van der Waals surface area (Å²) in [4.78, 5) is 0. The molecule has 2 aromatic rings. The molecule has 1 aliphatic rings. The zero-order valence-corrected chi connectivity index (χ0v) is 14.1. The number of benzene rings is 1. The number of alkyl halides is 1. The van der Waals surface area contributed by atoms with Gasteiger partial charge in [-0.05, 0) is 46.5 Å². The molecule has 1 unspecified atom stereocenters. The van der Waals surface area contributed by atoms with Gasteiger partial charge in [0.2, 0.25) is 0 Å². The summed E-state index contributed by atoms with van der Waals surface area (Å²) in [6.07, 6.45) is 0.898. The maximum atomic E-state index is 6.65. The second-order valence-corrected chi connectivity index (χ2v) is 6.78. The zero-order chi connectivity index (χ0) is 14.1. The maximum Gasteiger partial charge on any atom is 0.162 e. The average molecular weight is 374 g/mol. The van der Waals surface area contributed by atoms with E-state index >= 15 is 0 Å². The van der Waals surface area contributed by atoms with Crippen molar-refractivity contribution < 1.29 is 9.47 Å². The SMILES string of the molecule is Cc1cscc1C(Cl)c1cc2c(cc1Br)OCCCO2. The van der Waals surface area contributed by atoms with E-state index in [1.165, 1.54) is 5.56 Å². The molecule has 0 radical (unpaired) electrons. The lowest BCUT2D eigenvalue weighted by Gasteiger charge is -2.15. The molecule has 1 aliphatic heterocycles. The number of hydrogen-bond donors (Lipinski definition) is 0. The quantitative estimate of drug-likeness (QED) is 0.664. The first-order valence-electron chi connectivity index (χ1n) is 6.42. The lowest BCUT2D eigenvalue weighted by atomic mass is 10.0. The fourth-order valence-electron chi connectivity index (χ4n) is 2.19. The maximum absolute atomic E-state index is 6.65. The van der Waals surface area contributed by atoms with Crippen molar-refractivity contribution in [3.05, 3.63) is 44.1 Å². The monoisotopic (exact) mass is 372 g/mol. The molecule has 0 bridgehead atoms. The predicted octanol–water partition coefficient (Wildman–Crippen LogP) is 5.31. The summed E-state index contributed by atoms with van der Waals surface area (Å²) in [7, 11) is 0. The molecule has 0 amide bonds. The Hall–Kier alpha value is -0.710. The van der Waals surface area contributed by atoms with E-state index in [-0.39, 0.29) is 5.38 Å². The Balaban J connectivity index is 2.01. The molecule has 0 aliphatic carbocycles. The van der Waals surface area contributed by atoms with E-state index in [1.807, 2.05) is 12.1 Å². The molecule has 0 fully saturated rings. The molecule has 1 atom stereocenters. The van der Waals surface area contributed by atoms with Crippen LogP contribution >= 0.6 is 38.9 Å². The Labute approximate surface area is 135 Å². The minimum Gasteiger partial charge on any atom is -0.490 e. The molecule has 1 aromatic carbocycles. The Morgan fingerprint density at radius 3 is 2.50 bits per heavy atom. The van der Waals surface area contributed by atoms with Gasteiger partial charge in [0.05, 0.1) is 18.6 Å². The van der Waals surface area contributed by atoms with Crippen LogP contribution in [0.3, 0.4) is 0 Å². The molecule has 5 heteroatoms. The van der Waals surface area contributed by atoms with Crippen molar-refractivity contribution in [1.82, 2.24) is 0 Å². The van der Waals surface area contributed by atoms with Crippen LogP contribution in [0, 0.1) is 6.92 Å². The molecule has 0 saturated heterocycles. The highest BCUT2D eigenvalue weighted by Crippen LogP contribution is 2.42. The fraction of sp³-hybridized carbons (Fsp3) is 0.333. The van der Waals surface area contributed by atoms with Crippen molar-refractivity contribution in [3.63, 3.8) is 0 Å². The van der Waals surface area contributed by atoms with Gasteiger partial charge in [-0.25, -0.2) is 0 Å². The van der Waals surface area contributed by atoms with Gasteiger partial charge < -0.3 is 9.47 Å². The van der Waals surface area contributed by atoms with Crippen molar-refractivity contribution in [3.8, 4) is 11.5 Å². The Morgan fingerprint density at radius 2 is 1.85 bits per heavy atom. The molecule has 2 heterocycles. The van der Waals surface area contributed by atoms with Gasteiger partial charge in [-0.1, -0.05) is 15.9 Å². The van der Waals surface area contributed by atoms with Crippen LogP contribution in [-0.4, -0.2) is 13.2 Å². The van der Waals surface area contributed by atoms with Crippen LogP contribution < -0.4 is 9.47 Å². The summed E-state index contributed by atoms with van der Waals surface area (Å²) >= 11 is 11.9. The molecule has 1 aromatic heterocycles. The summed E-state index contributed by atoms with van der Waals surface area (Å²) in [5.41, 5.74) is 3.37. The van der Waals surface area contributed by atoms with Crippen molar-refractivity contribution in [2.45, 2.75) is 18.7 Å². The van der Waals surface area contributed by atoms with Crippen molar-refractivity contribution >= 4 is 38.9 Å². The Morgan fingerprint density at radius 1 is 1.15 bits per heavy atom. The summed E-state index contributed by atoms with van der Waals surface area (Å²) in [5, 5.41) is 4.03. The van der Waals surface area contributed by atoms with Gasteiger partial charge in [-0.15, -0.1) is 11.6 Å². The third kappa shape index (κ3) is 2.69. The number of halogens is 2. The van der Waals surface area contributed by atoms with E-state index in [2.05, 4.69) is 33.6 Å². The molecule has 3 rings (SSSR count). The minimum atomic E-state index is -0.187. The Kier molecular flexibility index (Phi) is 4.24. The van der Waals surface area contributed by atoms with E-state index in [0.717, 1.165) is 33.5 Å². The first-order valence-corrected chi connectivity index (χ1v) is 8.60. The topological polar surface area (TPSA) is 18.5 Å². The molecule has 0 spiro atoms. The highest BCUT2D eigenvalue weighted by molar-refractivity contribution is 9.10. The van der Waals surface area contributed by atoms with Crippen molar-refractivity contribution in [2.75, 3.05) is 13.2 Å². The number of fused-ring (bicyclic) bond motifs is 1. The lowest BCUT2D eigenvalue weighted by molar-refractivity contribution is 0.297. The summed E-state index contributed by atoms with van der Waals surface area (Å²) < 4.78 is 12.4. The van der Waals surface area contributed by atoms with E-state index in [9.17, 15) is 0 Å². The third-order valence-electron chi connectivity index (χ3n) is 3.31. The molecule has 106 valence electrons. The van der Waals surface area contributed by atoms with Gasteiger partial charge in [-0.3, -0.25) is 0 Å². The highest BCUT2D eigenvalue weighted by atomic mass is 79.9. The highest BCUT2D eigenvalue weighted by Gasteiger charge is 2.21. The average Bonchev–Trinajstić information content (AvgIpc) is 2.72. The number of rotatable bonds is 2. The number of hydrogen-bond acceptors (Lipinski definition) is 3. The zero-order valence-electron chi connectivity index (χ0n) is 11.0. The minimum absolute atomic E-state index is 0.187. The van der Waals surface area contributed by atoms with Gasteiger partial charge >= 0.3 is 0 Å². The van der Waals surface area contributed by atoms with Crippen LogP contribution in [0.15, 0.2) is 27.4 Å². The second kappa shape index (κ2) is 5.96. The van der Waals surface area contributed by atoms with E-state index in [4.69, 9.17) is 21.1 Å². The smallest absolute Gasteiger partial charge is 0.162 e. The largest absolute Gasteiger partial charge is 0.490 e. The van der Waals surface area contributed by atoms with Crippen LogP contribution in [0.25, 0.3) is 0 Å². The van der Waals surface area contributed by atoms with Gasteiger partial charge in [-0.2, -0.15) is 11.3 Å². The van der Waals surface area contributed by atoms with E-state index in [1.54, 1.807) is 11.3 Å². The van der Waals surface area contributed by atoms with E-state index in [0.29, 0.717) is 13.2 Å². The lowest BCUT2D eigenvalue weighted by Crippen LogP contribution is -1.98. The second-order valence-electron chi connectivity index (χ2n) is 4.74. The van der Waals surface area contributed by atoms with Crippen molar-refractivity contribution in [1.29, 1.82) is 0 Å². The normalized spacial score (nSPS) is 15.8. The Bertz CT molecular complexity index is 626. The van der Waals surface area contributed by atoms with E-state index < -0.39 is 0 Å². The van der Waals surface area contributed by atoms with Crippen LogP contribution in [0.4, 0.5) is 0 Å². The number of aryl methyl sites for hydroxylation is 1. The molecular formula is C15H14BrClO2S. The molecular weight excluding hydrogens is 360 g/mol. The van der Waals surface area contributed by atoms with Crippen LogP contribution in [0.5, 0.6) is 11.5 Å². The molecule has 20 heavy (non-hydrogen) atoms. The molecule has 0 saturated carbocycles. The number of ether oxygens (including phenoxy) is 2. The van der Waals surface area contributed by atoms with Crippen LogP contribution in [0.1, 0.15) is 28.5 Å². The standard InChI is InChI=1S/C15H14BrClO2S/c1-9-7-20-8-11(9)15(17)10-5-13-14(6-12(10)16)19-4-2-3-18-13/h5-8,15H,2-4H2,1H3. The van der Waals surface area contributed by atoms with Gasteiger partial charge in [0.25, 0.3) is 0 Å². The third-order valence-corrected chi connectivity index (χ3v) is 5.34. The van der Waals surface area contributed by atoms with Gasteiger partial charge in [0.1, 0.15) is 0 Å². The van der Waals surface area contributed by atoms with Crippen LogP contribution in [-0.2, 0) is 0 Å². The fourth-order valence-corrected chi connectivity index (χ4v) is 4.24. The summed E-state index contributed by atoms with van der Waals surface area (Å²) in [6, 6.07) is 3.94. The van der Waals surface area contributed by atoms with Crippen molar-refractivity contribution in [2.24, 2.45) is 0 Å². The van der Waals surface area contributed by atoms with Gasteiger partial charge in [0, 0.05) is 10.9 Å². The summed E-state index contributed by atoms with van der Waals surface area (Å²) in [6.45, 7) is 3.45. The number of thiophene rings is 1.